The molecule has 0 saturated carbocycles. The van der Waals surface area contributed by atoms with Gasteiger partial charge in [0.05, 0.1) is 18.0 Å². The third-order valence-electron chi connectivity index (χ3n) is 4.71. The number of pyridine rings is 1. The number of hydrogen-bond acceptors (Lipinski definition) is 6. The number of carbonyl (C=O) groups excluding carboxylic acids is 1. The molecule has 7 nitrogen and oxygen atoms in total. The summed E-state index contributed by atoms with van der Waals surface area (Å²) in [6, 6.07) is 1.89. The van der Waals surface area contributed by atoms with Gasteiger partial charge >= 0.3 is 0 Å². The van der Waals surface area contributed by atoms with E-state index in [-0.39, 0.29) is 18.1 Å². The van der Waals surface area contributed by atoms with Crippen LogP contribution >= 0.6 is 0 Å². The van der Waals surface area contributed by atoms with Crippen LogP contribution < -0.4 is 4.74 Å². The van der Waals surface area contributed by atoms with Gasteiger partial charge in [0.1, 0.15) is 17.7 Å². The summed E-state index contributed by atoms with van der Waals surface area (Å²) in [5, 5.41) is 0. The van der Waals surface area contributed by atoms with Crippen molar-refractivity contribution < 1.29 is 18.7 Å². The highest BCUT2D eigenvalue weighted by Crippen LogP contribution is 2.25. The summed E-state index contributed by atoms with van der Waals surface area (Å²) in [6.45, 7) is 5.86. The molecule has 0 bridgehead atoms. The topological polar surface area (TPSA) is 78.9 Å². The van der Waals surface area contributed by atoms with Gasteiger partial charge in [-0.2, -0.15) is 0 Å². The molecule has 0 amide bonds. The molecule has 0 spiro atoms. The fourth-order valence-corrected chi connectivity index (χ4v) is 3.40. The molecule has 1 fully saturated rings. The minimum atomic E-state index is -0.174. The number of rotatable bonds is 7. The third-order valence-corrected chi connectivity index (χ3v) is 4.71. The lowest BCUT2D eigenvalue weighted by molar-refractivity contribution is 0.0958. The number of Topliss-reactive ketones (excluding diaryl/α,β-unsaturated/α-hetero) is 1. The number of ketones is 1. The second kappa shape index (κ2) is 7.52. The summed E-state index contributed by atoms with van der Waals surface area (Å²) in [6.07, 6.45) is 7.55. The maximum absolute atomic E-state index is 12.5. The van der Waals surface area contributed by atoms with Gasteiger partial charge in [0, 0.05) is 43.7 Å². The van der Waals surface area contributed by atoms with Crippen LogP contribution in [0.25, 0.3) is 5.65 Å². The van der Waals surface area contributed by atoms with Gasteiger partial charge in [-0.05, 0) is 32.6 Å². The Labute approximate surface area is 157 Å². The number of nitrogens with zero attached hydrogens (tertiary/aromatic N) is 3. The van der Waals surface area contributed by atoms with Crippen molar-refractivity contribution in [2.75, 3.05) is 19.8 Å². The quantitative estimate of drug-likeness (QED) is 0.596. The molecular weight excluding hydrogens is 346 g/mol. The fraction of sp³-hybridized carbons (Fsp3) is 0.450. The third kappa shape index (κ3) is 3.88. The largest absolute Gasteiger partial charge is 0.493 e. The van der Waals surface area contributed by atoms with Crippen LogP contribution in [0.5, 0.6) is 5.75 Å². The van der Waals surface area contributed by atoms with Gasteiger partial charge < -0.3 is 18.3 Å². The Bertz CT molecular complexity index is 953. The van der Waals surface area contributed by atoms with Gasteiger partial charge in [-0.25, -0.2) is 9.97 Å². The van der Waals surface area contributed by atoms with Crippen molar-refractivity contribution in [2.45, 2.75) is 33.1 Å². The van der Waals surface area contributed by atoms with Crippen LogP contribution in [0.1, 0.15) is 41.0 Å². The Hall–Kier alpha value is -2.67. The minimum absolute atomic E-state index is 0.127. The van der Waals surface area contributed by atoms with E-state index in [0.29, 0.717) is 24.0 Å². The van der Waals surface area contributed by atoms with Gasteiger partial charge in [0.15, 0.2) is 0 Å². The maximum Gasteiger partial charge on any atom is 0.263 e. The van der Waals surface area contributed by atoms with E-state index in [1.807, 2.05) is 29.8 Å². The van der Waals surface area contributed by atoms with Gasteiger partial charge in [0.2, 0.25) is 5.78 Å². The van der Waals surface area contributed by atoms with Gasteiger partial charge in [-0.15, -0.1) is 0 Å². The number of fused-ring (bicyclic) bond motifs is 1. The van der Waals surface area contributed by atoms with Crippen molar-refractivity contribution in [3.8, 4) is 5.75 Å². The van der Waals surface area contributed by atoms with E-state index in [1.54, 1.807) is 6.92 Å². The standard InChI is InChI=1S/C20H23N3O4/c1-3-26-18-8-19-22-16(6-14-4-5-25-12-14)10-23(19)9-15(18)7-17(24)20-21-13(2)11-27-20/h8-11,14H,3-7,12H2,1-2H3. The highest BCUT2D eigenvalue weighted by atomic mass is 16.5. The highest BCUT2D eigenvalue weighted by molar-refractivity contribution is 5.93. The van der Waals surface area contributed by atoms with Crippen LogP contribution in [0.2, 0.25) is 0 Å². The maximum atomic E-state index is 12.5. The molecular formula is C20H23N3O4. The lowest BCUT2D eigenvalue weighted by atomic mass is 10.0. The van der Waals surface area contributed by atoms with Gasteiger partial charge in [-0.3, -0.25) is 4.79 Å². The lowest BCUT2D eigenvalue weighted by Gasteiger charge is -2.09. The Morgan fingerprint density at radius 2 is 2.26 bits per heavy atom. The molecule has 142 valence electrons. The van der Waals surface area contributed by atoms with Crippen molar-refractivity contribution in [3.05, 3.63) is 47.6 Å². The SMILES string of the molecule is CCOc1cc2nc(CC3CCOC3)cn2cc1CC(=O)c1nc(C)co1. The zero-order valence-corrected chi connectivity index (χ0v) is 15.6. The number of carbonyl (C=O) groups is 1. The first-order valence-corrected chi connectivity index (χ1v) is 9.28. The normalized spacial score (nSPS) is 16.9. The molecule has 4 heterocycles. The molecule has 1 aliphatic heterocycles. The lowest BCUT2D eigenvalue weighted by Crippen LogP contribution is -2.07. The molecule has 7 heteroatoms. The Morgan fingerprint density at radius 1 is 1.37 bits per heavy atom. The molecule has 1 atom stereocenters. The number of ether oxygens (including phenoxy) is 2. The van der Waals surface area contributed by atoms with E-state index in [4.69, 9.17) is 18.9 Å². The molecule has 0 radical (unpaired) electrons. The van der Waals surface area contributed by atoms with E-state index < -0.39 is 0 Å². The van der Waals surface area contributed by atoms with Crippen LogP contribution in [0, 0.1) is 12.8 Å². The zero-order valence-electron chi connectivity index (χ0n) is 15.6. The first kappa shape index (κ1) is 17.7. The van der Waals surface area contributed by atoms with Crippen molar-refractivity contribution >= 4 is 11.4 Å². The first-order chi connectivity index (χ1) is 13.1. The van der Waals surface area contributed by atoms with E-state index in [1.165, 1.54) is 6.26 Å². The summed E-state index contributed by atoms with van der Waals surface area (Å²) in [5.74, 6) is 1.15. The Kier molecular flexibility index (Phi) is 4.94. The fourth-order valence-electron chi connectivity index (χ4n) is 3.40. The Balaban J connectivity index is 1.61. The van der Waals surface area contributed by atoms with Crippen LogP contribution in [0.15, 0.2) is 29.1 Å². The monoisotopic (exact) mass is 369 g/mol. The average molecular weight is 369 g/mol. The number of imidazole rings is 1. The van der Waals surface area contributed by atoms with Crippen molar-refractivity contribution in [3.63, 3.8) is 0 Å². The molecule has 1 saturated heterocycles. The first-order valence-electron chi connectivity index (χ1n) is 9.28. The molecule has 3 aromatic rings. The molecule has 0 aromatic carbocycles. The summed E-state index contributed by atoms with van der Waals surface area (Å²) in [5.41, 5.74) is 3.32. The smallest absolute Gasteiger partial charge is 0.263 e. The van der Waals surface area contributed by atoms with Crippen molar-refractivity contribution in [2.24, 2.45) is 5.92 Å². The van der Waals surface area contributed by atoms with E-state index in [2.05, 4.69) is 4.98 Å². The summed E-state index contributed by atoms with van der Waals surface area (Å²) >= 11 is 0. The molecule has 0 N–H and O–H groups in total. The van der Waals surface area contributed by atoms with Gasteiger partial charge in [-0.1, -0.05) is 0 Å². The average Bonchev–Trinajstić information content (AvgIpc) is 3.37. The highest BCUT2D eigenvalue weighted by Gasteiger charge is 2.20. The molecule has 27 heavy (non-hydrogen) atoms. The number of oxazole rings is 1. The van der Waals surface area contributed by atoms with Crippen LogP contribution in [0.3, 0.4) is 0 Å². The second-order valence-corrected chi connectivity index (χ2v) is 6.92. The molecule has 1 unspecified atom stereocenters. The van der Waals surface area contributed by atoms with Crippen LogP contribution in [-0.2, 0) is 17.6 Å². The zero-order chi connectivity index (χ0) is 18.8. The molecule has 1 aliphatic rings. The molecule has 4 rings (SSSR count). The van der Waals surface area contributed by atoms with E-state index >= 15 is 0 Å². The van der Waals surface area contributed by atoms with Crippen LogP contribution in [-0.4, -0.2) is 40.0 Å². The van der Waals surface area contributed by atoms with Crippen LogP contribution in [0.4, 0.5) is 0 Å². The number of aryl methyl sites for hydroxylation is 1. The van der Waals surface area contributed by atoms with E-state index in [9.17, 15) is 4.79 Å². The summed E-state index contributed by atoms with van der Waals surface area (Å²) in [7, 11) is 0. The predicted molar refractivity (Wildman–Crippen MR) is 98.3 cm³/mol. The van der Waals surface area contributed by atoms with Gasteiger partial charge in [0.25, 0.3) is 5.89 Å². The molecule has 0 aliphatic carbocycles. The summed E-state index contributed by atoms with van der Waals surface area (Å²) < 4.78 is 18.4. The minimum Gasteiger partial charge on any atom is -0.493 e. The van der Waals surface area contributed by atoms with Crippen molar-refractivity contribution in [1.29, 1.82) is 0 Å². The van der Waals surface area contributed by atoms with E-state index in [0.717, 1.165) is 43.0 Å². The Morgan fingerprint density at radius 3 is 2.96 bits per heavy atom. The van der Waals surface area contributed by atoms with Crippen molar-refractivity contribution in [1.82, 2.24) is 14.4 Å². The number of aromatic nitrogens is 3. The summed E-state index contributed by atoms with van der Waals surface area (Å²) in [4.78, 5) is 21.3. The molecule has 3 aromatic heterocycles. The number of hydrogen-bond donors (Lipinski definition) is 0. The second-order valence-electron chi connectivity index (χ2n) is 6.92. The predicted octanol–water partition coefficient (Wildman–Crippen LogP) is 3.03.